The maximum absolute atomic E-state index is 13.0. The standard InChI is InChI=1S/C19H21NO6S/c1-13-9-10-15(11-16(13)19(22)26-12-14(2)21)27(23,24)20(3)17-7-5-6-8-18(17)25-4/h5-11H,12H2,1-4H3. The fourth-order valence-electron chi connectivity index (χ4n) is 2.40. The molecule has 0 aliphatic carbocycles. The number of sulfonamides is 1. The number of aryl methyl sites for hydroxylation is 1. The average molecular weight is 391 g/mol. The summed E-state index contributed by atoms with van der Waals surface area (Å²) in [7, 11) is -1.09. The third kappa shape index (κ3) is 4.46. The van der Waals surface area contributed by atoms with Crippen LogP contribution in [0.2, 0.25) is 0 Å². The summed E-state index contributed by atoms with van der Waals surface area (Å²) in [5.41, 5.74) is 0.995. The van der Waals surface area contributed by atoms with E-state index in [1.54, 1.807) is 31.2 Å². The molecule has 0 aliphatic heterocycles. The Morgan fingerprint density at radius 1 is 1.11 bits per heavy atom. The maximum atomic E-state index is 13.0. The van der Waals surface area contributed by atoms with E-state index >= 15 is 0 Å². The molecule has 0 atom stereocenters. The normalized spacial score (nSPS) is 11.0. The molecule has 0 aliphatic rings. The third-order valence-electron chi connectivity index (χ3n) is 3.92. The highest BCUT2D eigenvalue weighted by Gasteiger charge is 2.25. The van der Waals surface area contributed by atoms with Gasteiger partial charge in [0, 0.05) is 7.05 Å². The Bertz CT molecular complexity index is 968. The highest BCUT2D eigenvalue weighted by molar-refractivity contribution is 7.92. The van der Waals surface area contributed by atoms with E-state index in [9.17, 15) is 18.0 Å². The average Bonchev–Trinajstić information content (AvgIpc) is 2.65. The minimum absolute atomic E-state index is 0.0729. The van der Waals surface area contributed by atoms with E-state index in [0.717, 1.165) is 4.31 Å². The van der Waals surface area contributed by atoms with E-state index in [4.69, 9.17) is 9.47 Å². The number of esters is 1. The van der Waals surface area contributed by atoms with Crippen molar-refractivity contribution in [3.63, 3.8) is 0 Å². The number of rotatable bonds is 7. The molecule has 0 aromatic heterocycles. The first-order valence-electron chi connectivity index (χ1n) is 8.07. The highest BCUT2D eigenvalue weighted by atomic mass is 32.2. The number of ketones is 1. The summed E-state index contributed by atoms with van der Waals surface area (Å²) < 4.78 is 37.2. The number of carbonyl (C=O) groups excluding carboxylic acids is 2. The molecule has 144 valence electrons. The van der Waals surface area contributed by atoms with Crippen molar-refractivity contribution in [1.29, 1.82) is 0 Å². The second-order valence-electron chi connectivity index (χ2n) is 5.90. The monoisotopic (exact) mass is 391 g/mol. The Morgan fingerprint density at radius 2 is 1.78 bits per heavy atom. The third-order valence-corrected chi connectivity index (χ3v) is 5.69. The van der Waals surface area contributed by atoms with Crippen LogP contribution in [0.4, 0.5) is 5.69 Å². The van der Waals surface area contributed by atoms with Crippen molar-refractivity contribution in [2.75, 3.05) is 25.1 Å². The van der Waals surface area contributed by atoms with Gasteiger partial charge in [0.05, 0.1) is 23.3 Å². The van der Waals surface area contributed by atoms with Gasteiger partial charge < -0.3 is 9.47 Å². The number of hydrogen-bond acceptors (Lipinski definition) is 6. The highest BCUT2D eigenvalue weighted by Crippen LogP contribution is 2.31. The molecule has 8 heteroatoms. The predicted molar refractivity (Wildman–Crippen MR) is 101 cm³/mol. The van der Waals surface area contributed by atoms with Gasteiger partial charge >= 0.3 is 5.97 Å². The van der Waals surface area contributed by atoms with Crippen molar-refractivity contribution in [3.8, 4) is 5.75 Å². The Labute approximate surface area is 158 Å². The lowest BCUT2D eigenvalue weighted by Crippen LogP contribution is -2.27. The Balaban J connectivity index is 2.43. The van der Waals surface area contributed by atoms with Gasteiger partial charge in [-0.1, -0.05) is 18.2 Å². The Morgan fingerprint density at radius 3 is 2.41 bits per heavy atom. The molecule has 0 N–H and O–H groups in total. The second-order valence-corrected chi connectivity index (χ2v) is 7.87. The van der Waals surface area contributed by atoms with Crippen LogP contribution in [0.5, 0.6) is 5.75 Å². The fourth-order valence-corrected chi connectivity index (χ4v) is 3.64. The smallest absolute Gasteiger partial charge is 0.338 e. The zero-order valence-electron chi connectivity index (χ0n) is 15.6. The first kappa shape index (κ1) is 20.4. The number of Topliss-reactive ketones (excluding diaryl/α,β-unsaturated/α-hetero) is 1. The van der Waals surface area contributed by atoms with Gasteiger partial charge in [-0.2, -0.15) is 0 Å². The van der Waals surface area contributed by atoms with Gasteiger partial charge in [-0.3, -0.25) is 9.10 Å². The molecule has 7 nitrogen and oxygen atoms in total. The van der Waals surface area contributed by atoms with E-state index < -0.39 is 16.0 Å². The number of hydrogen-bond donors (Lipinski definition) is 0. The molecule has 2 rings (SSSR count). The minimum atomic E-state index is -3.95. The molecule has 0 saturated heterocycles. The van der Waals surface area contributed by atoms with Crippen molar-refractivity contribution >= 4 is 27.5 Å². The van der Waals surface area contributed by atoms with Crippen LogP contribution in [0.1, 0.15) is 22.8 Å². The van der Waals surface area contributed by atoms with Crippen molar-refractivity contribution < 1.29 is 27.5 Å². The number of nitrogens with zero attached hydrogens (tertiary/aromatic N) is 1. The lowest BCUT2D eigenvalue weighted by atomic mass is 10.1. The zero-order valence-corrected chi connectivity index (χ0v) is 16.4. The van der Waals surface area contributed by atoms with Crippen LogP contribution in [-0.2, 0) is 19.6 Å². The van der Waals surface area contributed by atoms with Crippen LogP contribution in [0.3, 0.4) is 0 Å². The topological polar surface area (TPSA) is 90.0 Å². The number of ether oxygens (including phenoxy) is 2. The van der Waals surface area contributed by atoms with Crippen LogP contribution in [0.25, 0.3) is 0 Å². The number of methoxy groups -OCH3 is 1. The van der Waals surface area contributed by atoms with Gasteiger partial charge in [-0.25, -0.2) is 13.2 Å². The van der Waals surface area contributed by atoms with Gasteiger partial charge in [0.2, 0.25) is 0 Å². The molecule has 2 aromatic carbocycles. The quantitative estimate of drug-likeness (QED) is 0.674. The van der Waals surface area contributed by atoms with E-state index in [1.807, 2.05) is 0 Å². The van der Waals surface area contributed by atoms with E-state index in [1.165, 1.54) is 39.3 Å². The molecule has 0 radical (unpaired) electrons. The Kier molecular flexibility index (Phi) is 6.22. The molecule has 0 heterocycles. The number of benzene rings is 2. The zero-order chi connectivity index (χ0) is 20.2. The van der Waals surface area contributed by atoms with Crippen molar-refractivity contribution in [3.05, 3.63) is 53.6 Å². The molecule has 0 bridgehead atoms. The summed E-state index contributed by atoms with van der Waals surface area (Å²) in [6.45, 7) is 2.59. The maximum Gasteiger partial charge on any atom is 0.338 e. The second kappa shape index (κ2) is 8.22. The molecular weight excluding hydrogens is 370 g/mol. The SMILES string of the molecule is COc1ccccc1N(C)S(=O)(=O)c1ccc(C)c(C(=O)OCC(C)=O)c1. The van der Waals surface area contributed by atoms with Gasteiger partial charge in [0.1, 0.15) is 12.4 Å². The molecule has 0 saturated carbocycles. The van der Waals surface area contributed by atoms with Crippen molar-refractivity contribution in [2.24, 2.45) is 0 Å². The summed E-state index contributed by atoms with van der Waals surface area (Å²) in [4.78, 5) is 23.1. The molecule has 0 unspecified atom stereocenters. The Hall–Kier alpha value is -2.87. The van der Waals surface area contributed by atoms with Crippen LogP contribution in [0.15, 0.2) is 47.4 Å². The van der Waals surface area contributed by atoms with Crippen LogP contribution in [0, 0.1) is 6.92 Å². The van der Waals surface area contributed by atoms with Gasteiger partial charge in [0.25, 0.3) is 10.0 Å². The fraction of sp³-hybridized carbons (Fsp3) is 0.263. The van der Waals surface area contributed by atoms with E-state index in [2.05, 4.69) is 0 Å². The number of carbonyl (C=O) groups is 2. The minimum Gasteiger partial charge on any atom is -0.495 e. The molecular formula is C19H21NO6S. The summed E-state index contributed by atoms with van der Waals surface area (Å²) in [5, 5.41) is 0. The molecule has 27 heavy (non-hydrogen) atoms. The van der Waals surface area contributed by atoms with Crippen LogP contribution in [-0.4, -0.2) is 40.9 Å². The lowest BCUT2D eigenvalue weighted by Gasteiger charge is -2.22. The van der Waals surface area contributed by atoms with Crippen molar-refractivity contribution in [2.45, 2.75) is 18.7 Å². The summed E-state index contributed by atoms with van der Waals surface area (Å²) in [5.74, 6) is -0.655. The van der Waals surface area contributed by atoms with Crippen LogP contribution < -0.4 is 9.04 Å². The molecule has 0 spiro atoms. The van der Waals surface area contributed by atoms with Gasteiger partial charge in [0.15, 0.2) is 5.78 Å². The first-order valence-corrected chi connectivity index (χ1v) is 9.51. The van der Waals surface area contributed by atoms with Crippen LogP contribution >= 0.6 is 0 Å². The van der Waals surface area contributed by atoms with E-state index in [-0.39, 0.29) is 22.8 Å². The first-order chi connectivity index (χ1) is 12.7. The molecule has 0 amide bonds. The van der Waals surface area contributed by atoms with Crippen molar-refractivity contribution in [1.82, 2.24) is 0 Å². The largest absolute Gasteiger partial charge is 0.495 e. The predicted octanol–water partition coefficient (Wildman–Crippen LogP) is 2.57. The van der Waals surface area contributed by atoms with E-state index in [0.29, 0.717) is 17.0 Å². The summed E-state index contributed by atoms with van der Waals surface area (Å²) in [6, 6.07) is 10.9. The molecule has 2 aromatic rings. The number of anilines is 1. The number of para-hydroxylation sites is 2. The summed E-state index contributed by atoms with van der Waals surface area (Å²) in [6.07, 6.45) is 0. The lowest BCUT2D eigenvalue weighted by molar-refractivity contribution is -0.120. The van der Waals surface area contributed by atoms with Gasteiger partial charge in [-0.15, -0.1) is 0 Å². The summed E-state index contributed by atoms with van der Waals surface area (Å²) >= 11 is 0. The van der Waals surface area contributed by atoms with Gasteiger partial charge in [-0.05, 0) is 43.7 Å². The molecule has 0 fully saturated rings.